The van der Waals surface area contributed by atoms with Gasteiger partial charge in [0, 0.05) is 10.6 Å². The summed E-state index contributed by atoms with van der Waals surface area (Å²) in [6.07, 6.45) is 0. The first-order chi connectivity index (χ1) is 9.19. The molecule has 0 saturated carbocycles. The maximum absolute atomic E-state index is 13.6. The van der Waals surface area contributed by atoms with E-state index in [2.05, 4.69) is 0 Å². The van der Waals surface area contributed by atoms with E-state index < -0.39 is 5.82 Å². The molecular weight excluding hydrogens is 265 g/mol. The summed E-state index contributed by atoms with van der Waals surface area (Å²) in [4.78, 5) is 0. The lowest BCUT2D eigenvalue weighted by atomic mass is 10.1. The lowest BCUT2D eigenvalue weighted by Crippen LogP contribution is -1.97. The fourth-order valence-corrected chi connectivity index (χ4v) is 1.85. The molecule has 0 aliphatic rings. The molecule has 0 spiro atoms. The van der Waals surface area contributed by atoms with Crippen molar-refractivity contribution < 1.29 is 9.13 Å². The highest BCUT2D eigenvalue weighted by atomic mass is 35.5. The molecule has 0 saturated heterocycles. The number of nitrogens with zero attached hydrogens (tertiary/aromatic N) is 1. The third-order valence-electron chi connectivity index (χ3n) is 2.60. The van der Waals surface area contributed by atoms with Crippen LogP contribution in [0, 0.1) is 17.1 Å². The summed E-state index contributed by atoms with van der Waals surface area (Å²) in [6, 6.07) is 13.5. The number of nitriles is 1. The molecule has 0 heterocycles. The van der Waals surface area contributed by atoms with E-state index in [9.17, 15) is 4.39 Å². The molecule has 0 fully saturated rings. The maximum atomic E-state index is 13.6. The zero-order valence-electron chi connectivity index (χ0n) is 10.1. The molecule has 96 valence electrons. The second kappa shape index (κ2) is 6.33. The summed E-state index contributed by atoms with van der Waals surface area (Å²) in [7, 11) is 0. The molecule has 0 atom stereocenters. The van der Waals surface area contributed by atoms with Gasteiger partial charge in [-0.3, -0.25) is 0 Å². The summed E-state index contributed by atoms with van der Waals surface area (Å²) in [5, 5.41) is 9.29. The molecule has 0 radical (unpaired) electrons. The lowest BCUT2D eigenvalue weighted by molar-refractivity contribution is 0.105. The highest BCUT2D eigenvalue weighted by Gasteiger charge is 2.04. The Morgan fingerprint density at radius 1 is 1.16 bits per heavy atom. The van der Waals surface area contributed by atoms with E-state index in [1.165, 1.54) is 6.07 Å². The SMILES string of the molecule is N#Cc1ccc(COCc2cccc(Cl)c2)c(F)c1. The Kier molecular flexibility index (Phi) is 4.51. The van der Waals surface area contributed by atoms with Crippen LogP contribution in [0.3, 0.4) is 0 Å². The molecule has 0 aromatic heterocycles. The van der Waals surface area contributed by atoms with Gasteiger partial charge in [0.2, 0.25) is 0 Å². The van der Waals surface area contributed by atoms with Crippen LogP contribution in [0.1, 0.15) is 16.7 Å². The van der Waals surface area contributed by atoms with Crippen LogP contribution in [0.2, 0.25) is 5.02 Å². The lowest BCUT2D eigenvalue weighted by Gasteiger charge is -2.06. The van der Waals surface area contributed by atoms with Gasteiger partial charge in [0.25, 0.3) is 0 Å². The third kappa shape index (κ3) is 3.78. The molecular formula is C15H11ClFNO. The summed E-state index contributed by atoms with van der Waals surface area (Å²) in [5.74, 6) is -0.426. The minimum atomic E-state index is -0.426. The number of benzene rings is 2. The van der Waals surface area contributed by atoms with Crippen LogP contribution in [0.5, 0.6) is 0 Å². The monoisotopic (exact) mass is 275 g/mol. The van der Waals surface area contributed by atoms with E-state index in [0.29, 0.717) is 22.8 Å². The molecule has 4 heteroatoms. The average molecular weight is 276 g/mol. The smallest absolute Gasteiger partial charge is 0.130 e. The van der Waals surface area contributed by atoms with Gasteiger partial charge in [-0.25, -0.2) is 4.39 Å². The van der Waals surface area contributed by atoms with Crippen LogP contribution in [0.4, 0.5) is 4.39 Å². The predicted octanol–water partition coefficient (Wildman–Crippen LogP) is 4.07. The number of ether oxygens (including phenoxy) is 1. The van der Waals surface area contributed by atoms with Gasteiger partial charge in [0.05, 0.1) is 24.8 Å². The third-order valence-corrected chi connectivity index (χ3v) is 2.83. The highest BCUT2D eigenvalue weighted by molar-refractivity contribution is 6.30. The summed E-state index contributed by atoms with van der Waals surface area (Å²) < 4.78 is 19.0. The first kappa shape index (κ1) is 13.5. The second-order valence-electron chi connectivity index (χ2n) is 4.04. The number of hydrogen-bond donors (Lipinski definition) is 0. The summed E-state index contributed by atoms with van der Waals surface area (Å²) in [5.41, 5.74) is 1.67. The van der Waals surface area contributed by atoms with Crippen molar-refractivity contribution in [3.05, 3.63) is 70.0 Å². The quantitative estimate of drug-likeness (QED) is 0.843. The van der Waals surface area contributed by atoms with Crippen LogP contribution >= 0.6 is 11.6 Å². The molecule has 0 unspecified atom stereocenters. The Morgan fingerprint density at radius 2 is 2.00 bits per heavy atom. The van der Waals surface area contributed by atoms with E-state index >= 15 is 0 Å². The summed E-state index contributed by atoms with van der Waals surface area (Å²) in [6.45, 7) is 0.518. The minimum Gasteiger partial charge on any atom is -0.372 e. The van der Waals surface area contributed by atoms with E-state index in [0.717, 1.165) is 5.56 Å². The number of halogens is 2. The zero-order chi connectivity index (χ0) is 13.7. The van der Waals surface area contributed by atoms with Crippen molar-refractivity contribution in [1.82, 2.24) is 0 Å². The molecule has 0 bridgehead atoms. The van der Waals surface area contributed by atoms with Crippen LogP contribution in [0.25, 0.3) is 0 Å². The Balaban J connectivity index is 1.94. The van der Waals surface area contributed by atoms with Gasteiger partial charge in [-0.15, -0.1) is 0 Å². The van der Waals surface area contributed by atoms with Gasteiger partial charge in [0.15, 0.2) is 0 Å². The molecule has 2 aromatic rings. The van der Waals surface area contributed by atoms with Gasteiger partial charge in [-0.05, 0) is 29.8 Å². The first-order valence-electron chi connectivity index (χ1n) is 5.70. The Labute approximate surface area is 116 Å². The van der Waals surface area contributed by atoms with Crippen molar-refractivity contribution in [2.45, 2.75) is 13.2 Å². The fourth-order valence-electron chi connectivity index (χ4n) is 1.64. The van der Waals surface area contributed by atoms with E-state index in [1.807, 2.05) is 18.2 Å². The van der Waals surface area contributed by atoms with Gasteiger partial charge < -0.3 is 4.74 Å². The van der Waals surface area contributed by atoms with Crippen LogP contribution in [-0.4, -0.2) is 0 Å². The van der Waals surface area contributed by atoms with Crippen molar-refractivity contribution in [3.8, 4) is 6.07 Å². The van der Waals surface area contributed by atoms with Crippen LogP contribution < -0.4 is 0 Å². The topological polar surface area (TPSA) is 33.0 Å². The van der Waals surface area contributed by atoms with Crippen LogP contribution in [0.15, 0.2) is 42.5 Å². The minimum absolute atomic E-state index is 0.157. The maximum Gasteiger partial charge on any atom is 0.130 e. The molecule has 19 heavy (non-hydrogen) atoms. The van der Waals surface area contributed by atoms with Gasteiger partial charge >= 0.3 is 0 Å². The summed E-state index contributed by atoms with van der Waals surface area (Å²) >= 11 is 5.85. The van der Waals surface area contributed by atoms with Gasteiger partial charge in [0.1, 0.15) is 5.82 Å². The highest BCUT2D eigenvalue weighted by Crippen LogP contribution is 2.14. The van der Waals surface area contributed by atoms with Crippen molar-refractivity contribution in [2.24, 2.45) is 0 Å². The van der Waals surface area contributed by atoms with E-state index in [1.54, 1.807) is 24.3 Å². The Hall–Kier alpha value is -1.89. The van der Waals surface area contributed by atoms with Crippen molar-refractivity contribution in [3.63, 3.8) is 0 Å². The Morgan fingerprint density at radius 3 is 2.68 bits per heavy atom. The van der Waals surface area contributed by atoms with E-state index in [4.69, 9.17) is 21.6 Å². The molecule has 2 aromatic carbocycles. The zero-order valence-corrected chi connectivity index (χ0v) is 10.8. The molecule has 2 rings (SSSR count). The largest absolute Gasteiger partial charge is 0.372 e. The molecule has 0 N–H and O–H groups in total. The molecule has 0 amide bonds. The first-order valence-corrected chi connectivity index (χ1v) is 6.07. The van der Waals surface area contributed by atoms with Crippen molar-refractivity contribution >= 4 is 11.6 Å². The van der Waals surface area contributed by atoms with E-state index in [-0.39, 0.29) is 6.61 Å². The number of hydrogen-bond acceptors (Lipinski definition) is 2. The molecule has 2 nitrogen and oxygen atoms in total. The molecule has 0 aliphatic carbocycles. The Bertz CT molecular complexity index is 622. The van der Waals surface area contributed by atoms with Crippen LogP contribution in [-0.2, 0) is 18.0 Å². The normalized spacial score (nSPS) is 10.2. The molecule has 0 aliphatic heterocycles. The van der Waals surface area contributed by atoms with Crippen molar-refractivity contribution in [1.29, 1.82) is 5.26 Å². The predicted molar refractivity (Wildman–Crippen MR) is 71.1 cm³/mol. The second-order valence-corrected chi connectivity index (χ2v) is 4.48. The van der Waals surface area contributed by atoms with Crippen molar-refractivity contribution in [2.75, 3.05) is 0 Å². The average Bonchev–Trinajstić information content (AvgIpc) is 2.40. The standard InChI is InChI=1S/C15H11ClFNO/c16-14-3-1-2-12(6-14)9-19-10-13-5-4-11(8-18)7-15(13)17/h1-7H,9-10H2. The fraction of sp³-hybridized carbons (Fsp3) is 0.133. The van der Waals surface area contributed by atoms with Gasteiger partial charge in [-0.2, -0.15) is 5.26 Å². The van der Waals surface area contributed by atoms with Gasteiger partial charge in [-0.1, -0.05) is 29.8 Å². The number of rotatable bonds is 4.